The highest BCUT2D eigenvalue weighted by atomic mass is 16.5. The number of carbonyl (C=O) groups excluding carboxylic acids is 1. The van der Waals surface area contributed by atoms with Crippen LogP contribution in [0.1, 0.15) is 117 Å². The first-order valence-corrected chi connectivity index (χ1v) is 12.3. The van der Waals surface area contributed by atoms with E-state index in [4.69, 9.17) is 25.2 Å². The SMILES string of the molecule is C=CO.CC(O)CO.CCCCCCCCCCCCCCCCCC(=O)OCCO. The van der Waals surface area contributed by atoms with Gasteiger partial charge in [-0.15, -0.1) is 0 Å². The number of hydrogen-bond acceptors (Lipinski definition) is 6. The molecule has 4 N–H and O–H groups in total. The maximum absolute atomic E-state index is 11.2. The smallest absolute Gasteiger partial charge is 0.305 e. The minimum atomic E-state index is -0.560. The van der Waals surface area contributed by atoms with Crippen molar-refractivity contribution in [2.75, 3.05) is 19.8 Å². The molecule has 0 heterocycles. The van der Waals surface area contributed by atoms with Gasteiger partial charge in [0.15, 0.2) is 0 Å². The van der Waals surface area contributed by atoms with Crippen molar-refractivity contribution in [3.63, 3.8) is 0 Å². The van der Waals surface area contributed by atoms with Gasteiger partial charge in [-0.25, -0.2) is 0 Å². The molecule has 0 aliphatic carbocycles. The fraction of sp³-hybridized carbons (Fsp3) is 0.880. The quantitative estimate of drug-likeness (QED) is 0.112. The first-order valence-electron chi connectivity index (χ1n) is 12.3. The van der Waals surface area contributed by atoms with Crippen LogP contribution in [-0.2, 0) is 9.53 Å². The van der Waals surface area contributed by atoms with E-state index in [0.717, 1.165) is 19.1 Å². The summed E-state index contributed by atoms with van der Waals surface area (Å²) in [6.45, 7) is 6.63. The summed E-state index contributed by atoms with van der Waals surface area (Å²) in [5, 5.41) is 31.9. The molecule has 0 aromatic carbocycles. The Bertz CT molecular complexity index is 334. The van der Waals surface area contributed by atoms with E-state index in [0.29, 0.717) is 6.42 Å². The summed E-state index contributed by atoms with van der Waals surface area (Å²) in [6, 6.07) is 0. The average Bonchev–Trinajstić information content (AvgIpc) is 2.76. The molecule has 0 aliphatic rings. The maximum Gasteiger partial charge on any atom is 0.305 e. The lowest BCUT2D eigenvalue weighted by atomic mass is 10.0. The Morgan fingerprint density at radius 1 is 0.839 bits per heavy atom. The summed E-state index contributed by atoms with van der Waals surface area (Å²) in [4.78, 5) is 11.2. The highest BCUT2D eigenvalue weighted by Gasteiger charge is 2.01. The van der Waals surface area contributed by atoms with Crippen LogP contribution in [0.15, 0.2) is 12.8 Å². The van der Waals surface area contributed by atoms with Crippen LogP contribution in [0.5, 0.6) is 0 Å². The van der Waals surface area contributed by atoms with E-state index in [1.165, 1.54) is 90.4 Å². The first-order chi connectivity index (χ1) is 15.0. The van der Waals surface area contributed by atoms with Gasteiger partial charge in [0.1, 0.15) is 6.61 Å². The zero-order valence-electron chi connectivity index (χ0n) is 20.4. The van der Waals surface area contributed by atoms with Crippen LogP contribution < -0.4 is 0 Å². The zero-order valence-corrected chi connectivity index (χ0v) is 20.4. The largest absolute Gasteiger partial charge is 0.516 e. The van der Waals surface area contributed by atoms with Crippen molar-refractivity contribution < 1.29 is 30.0 Å². The Kier molecular flexibility index (Phi) is 37.3. The van der Waals surface area contributed by atoms with Crippen molar-refractivity contribution in [1.82, 2.24) is 0 Å². The van der Waals surface area contributed by atoms with Gasteiger partial charge < -0.3 is 25.2 Å². The van der Waals surface area contributed by atoms with Crippen molar-refractivity contribution >= 4 is 5.97 Å². The standard InChI is InChI=1S/C20H40O3.C3H8O2.C2H4O/c1-2-3-4-5-6-7-8-9-10-11-12-13-14-15-16-17-20(22)23-19-18-21;1-3(5)2-4;1-2-3/h21H,2-19H2,1H3;3-5H,2H2,1H3;2-3H,1H2. The predicted octanol–water partition coefficient (Wildman–Crippen LogP) is 5.83. The Hall–Kier alpha value is -1.11. The van der Waals surface area contributed by atoms with E-state index in [9.17, 15) is 4.79 Å². The molecule has 0 fully saturated rings. The van der Waals surface area contributed by atoms with Crippen molar-refractivity contribution in [3.8, 4) is 0 Å². The lowest BCUT2D eigenvalue weighted by Crippen LogP contribution is -2.07. The minimum absolute atomic E-state index is 0.0788. The van der Waals surface area contributed by atoms with Crippen LogP contribution in [0.2, 0.25) is 0 Å². The molecule has 0 aromatic heterocycles. The molecule has 0 aliphatic heterocycles. The van der Waals surface area contributed by atoms with Crippen LogP contribution in [0.4, 0.5) is 0 Å². The number of aliphatic hydroxyl groups is 4. The molecule has 0 bridgehead atoms. The number of carbonyl (C=O) groups is 1. The molecular formula is C25H52O6. The van der Waals surface area contributed by atoms with Gasteiger partial charge in [-0.05, 0) is 13.3 Å². The van der Waals surface area contributed by atoms with Crippen molar-refractivity contribution in [2.24, 2.45) is 0 Å². The second-order valence-corrected chi connectivity index (χ2v) is 7.86. The predicted molar refractivity (Wildman–Crippen MR) is 129 cm³/mol. The van der Waals surface area contributed by atoms with Gasteiger partial charge in [0.2, 0.25) is 0 Å². The Morgan fingerprint density at radius 3 is 1.45 bits per heavy atom. The molecule has 0 saturated heterocycles. The second-order valence-electron chi connectivity index (χ2n) is 7.86. The van der Waals surface area contributed by atoms with Crippen molar-refractivity contribution in [2.45, 2.75) is 123 Å². The number of aliphatic hydroxyl groups excluding tert-OH is 4. The number of rotatable bonds is 19. The zero-order chi connectivity index (χ0) is 24.0. The van der Waals surface area contributed by atoms with Crippen LogP contribution >= 0.6 is 0 Å². The summed E-state index contributed by atoms with van der Waals surface area (Å²) in [5.41, 5.74) is 0. The number of unbranched alkanes of at least 4 members (excludes halogenated alkanes) is 14. The summed E-state index contributed by atoms with van der Waals surface area (Å²) < 4.78 is 4.82. The van der Waals surface area contributed by atoms with E-state index >= 15 is 0 Å². The summed E-state index contributed by atoms with van der Waals surface area (Å²) in [7, 11) is 0. The van der Waals surface area contributed by atoms with Crippen molar-refractivity contribution in [1.29, 1.82) is 0 Å². The lowest BCUT2D eigenvalue weighted by molar-refractivity contribution is -0.144. The Morgan fingerprint density at radius 2 is 1.16 bits per heavy atom. The highest BCUT2D eigenvalue weighted by molar-refractivity contribution is 5.69. The van der Waals surface area contributed by atoms with E-state index in [1.807, 2.05) is 0 Å². The van der Waals surface area contributed by atoms with Crippen molar-refractivity contribution in [3.05, 3.63) is 12.8 Å². The first kappa shape index (κ1) is 34.5. The maximum atomic E-state index is 11.2. The number of esters is 1. The topological polar surface area (TPSA) is 107 Å². The Labute approximate surface area is 191 Å². The van der Waals surface area contributed by atoms with Crippen LogP contribution in [0.3, 0.4) is 0 Å². The molecule has 0 rings (SSSR count). The van der Waals surface area contributed by atoms with E-state index in [2.05, 4.69) is 13.5 Å². The summed E-state index contributed by atoms with van der Waals surface area (Å²) in [6.07, 6.45) is 20.6. The molecule has 0 spiro atoms. The third kappa shape index (κ3) is 43.6. The van der Waals surface area contributed by atoms with Gasteiger partial charge in [0.05, 0.1) is 25.6 Å². The third-order valence-corrected chi connectivity index (χ3v) is 4.60. The normalized spacial score (nSPS) is 10.9. The molecule has 0 saturated carbocycles. The molecule has 31 heavy (non-hydrogen) atoms. The highest BCUT2D eigenvalue weighted by Crippen LogP contribution is 2.13. The molecule has 0 amide bonds. The van der Waals surface area contributed by atoms with Gasteiger partial charge in [0.25, 0.3) is 0 Å². The molecule has 1 atom stereocenters. The molecular weight excluding hydrogens is 396 g/mol. The summed E-state index contributed by atoms with van der Waals surface area (Å²) in [5.74, 6) is -0.172. The van der Waals surface area contributed by atoms with Gasteiger partial charge in [-0.1, -0.05) is 103 Å². The fourth-order valence-corrected chi connectivity index (χ4v) is 2.87. The molecule has 188 valence electrons. The van der Waals surface area contributed by atoms with Crippen LogP contribution in [-0.4, -0.2) is 52.3 Å². The van der Waals surface area contributed by atoms with Gasteiger partial charge in [-0.3, -0.25) is 4.79 Å². The van der Waals surface area contributed by atoms with E-state index in [-0.39, 0.29) is 25.8 Å². The molecule has 6 heteroatoms. The fourth-order valence-electron chi connectivity index (χ4n) is 2.87. The van der Waals surface area contributed by atoms with E-state index < -0.39 is 6.10 Å². The Balaban J connectivity index is -0.000000833. The van der Waals surface area contributed by atoms with Crippen LogP contribution in [0, 0.1) is 0 Å². The third-order valence-electron chi connectivity index (χ3n) is 4.60. The van der Waals surface area contributed by atoms with E-state index in [1.54, 1.807) is 0 Å². The number of ether oxygens (including phenoxy) is 1. The molecule has 1 unspecified atom stereocenters. The monoisotopic (exact) mass is 448 g/mol. The average molecular weight is 449 g/mol. The second kappa shape index (κ2) is 33.5. The van der Waals surface area contributed by atoms with Gasteiger partial charge in [-0.2, -0.15) is 0 Å². The molecule has 0 radical (unpaired) electrons. The minimum Gasteiger partial charge on any atom is -0.516 e. The summed E-state index contributed by atoms with van der Waals surface area (Å²) >= 11 is 0. The molecule has 6 nitrogen and oxygen atoms in total. The van der Waals surface area contributed by atoms with Gasteiger partial charge >= 0.3 is 5.97 Å². The van der Waals surface area contributed by atoms with Crippen LogP contribution in [0.25, 0.3) is 0 Å². The molecule has 0 aromatic rings. The van der Waals surface area contributed by atoms with Gasteiger partial charge in [0, 0.05) is 6.42 Å². The lowest BCUT2D eigenvalue weighted by Gasteiger charge is -2.04. The number of hydrogen-bond donors (Lipinski definition) is 4.